The highest BCUT2D eigenvalue weighted by Crippen LogP contribution is 2.44. The number of hydrazone groups is 1. The Morgan fingerprint density at radius 1 is 1.03 bits per heavy atom. The first-order valence-corrected chi connectivity index (χ1v) is 13.2. The highest BCUT2D eigenvalue weighted by atomic mass is 32.1. The molecule has 1 amide bonds. The van der Waals surface area contributed by atoms with Gasteiger partial charge in [-0.1, -0.05) is 24.3 Å². The lowest BCUT2D eigenvalue weighted by atomic mass is 9.77. The number of hydrogen-bond donors (Lipinski definition) is 1. The number of thiocarbonyl (C=S) groups is 1. The molecule has 0 bridgehead atoms. The first-order chi connectivity index (χ1) is 18.3. The van der Waals surface area contributed by atoms with Gasteiger partial charge in [-0.3, -0.25) is 10.1 Å². The van der Waals surface area contributed by atoms with Gasteiger partial charge in [0.05, 0.1) is 18.0 Å². The Labute approximate surface area is 229 Å². The van der Waals surface area contributed by atoms with Gasteiger partial charge in [-0.2, -0.15) is 5.10 Å². The molecule has 0 saturated heterocycles. The van der Waals surface area contributed by atoms with Crippen LogP contribution in [0.4, 0.5) is 11.4 Å². The van der Waals surface area contributed by atoms with Gasteiger partial charge < -0.3 is 14.2 Å². The molecule has 196 valence electrons. The fourth-order valence-electron chi connectivity index (χ4n) is 5.16. The Balaban J connectivity index is 1.49. The Morgan fingerprint density at radius 2 is 1.68 bits per heavy atom. The van der Waals surface area contributed by atoms with E-state index in [0.717, 1.165) is 47.5 Å². The van der Waals surface area contributed by atoms with Gasteiger partial charge in [-0.15, -0.1) is 0 Å². The predicted molar refractivity (Wildman–Crippen MR) is 158 cm³/mol. The zero-order valence-corrected chi connectivity index (χ0v) is 23.0. The number of carbonyl (C=O) groups excluding carboxylic acids is 1. The summed E-state index contributed by atoms with van der Waals surface area (Å²) in [5, 5.41) is 9.97. The summed E-state index contributed by atoms with van der Waals surface area (Å²) in [5.41, 5.74) is 6.81. The number of amides is 1. The second-order valence-electron chi connectivity index (χ2n) is 10.2. The lowest BCUT2D eigenvalue weighted by molar-refractivity contribution is 0.0944. The zero-order chi connectivity index (χ0) is 26.8. The minimum absolute atomic E-state index is 0.106. The van der Waals surface area contributed by atoms with E-state index < -0.39 is 0 Å². The third-order valence-corrected chi connectivity index (χ3v) is 7.47. The zero-order valence-electron chi connectivity index (χ0n) is 22.2. The van der Waals surface area contributed by atoms with Gasteiger partial charge in [0.2, 0.25) is 0 Å². The molecule has 2 atom stereocenters. The summed E-state index contributed by atoms with van der Waals surface area (Å²) in [6.45, 7) is 0. The third-order valence-electron chi connectivity index (χ3n) is 7.18. The van der Waals surface area contributed by atoms with E-state index in [2.05, 4.69) is 69.7 Å². The fourth-order valence-corrected chi connectivity index (χ4v) is 5.41. The van der Waals surface area contributed by atoms with Crippen molar-refractivity contribution < 1.29 is 9.21 Å². The van der Waals surface area contributed by atoms with Crippen molar-refractivity contribution in [1.29, 1.82) is 0 Å². The molecule has 7 nitrogen and oxygen atoms in total. The molecule has 2 aliphatic rings. The molecule has 1 aliphatic heterocycles. The molecule has 1 fully saturated rings. The summed E-state index contributed by atoms with van der Waals surface area (Å²) in [7, 11) is 8.14. The van der Waals surface area contributed by atoms with Crippen molar-refractivity contribution in [1.82, 2.24) is 10.3 Å². The van der Waals surface area contributed by atoms with Crippen LogP contribution < -0.4 is 15.1 Å². The van der Waals surface area contributed by atoms with Crippen LogP contribution in [-0.4, -0.2) is 49.9 Å². The predicted octanol–water partition coefficient (Wildman–Crippen LogP) is 5.72. The van der Waals surface area contributed by atoms with Crippen molar-refractivity contribution in [3.05, 3.63) is 89.4 Å². The largest absolute Gasteiger partial charge is 0.459 e. The Hall–Kier alpha value is -3.91. The number of fused-ring (bicyclic) bond motifs is 1. The summed E-state index contributed by atoms with van der Waals surface area (Å²) >= 11 is 5.75. The van der Waals surface area contributed by atoms with Crippen LogP contribution >= 0.6 is 12.2 Å². The number of anilines is 2. The van der Waals surface area contributed by atoms with Crippen molar-refractivity contribution in [2.24, 2.45) is 11.0 Å². The lowest BCUT2D eigenvalue weighted by Crippen LogP contribution is -2.41. The van der Waals surface area contributed by atoms with Crippen molar-refractivity contribution in [3.8, 4) is 0 Å². The highest BCUT2D eigenvalue weighted by molar-refractivity contribution is 7.80. The number of carbonyl (C=O) groups is 1. The van der Waals surface area contributed by atoms with Crippen molar-refractivity contribution in [2.75, 3.05) is 38.0 Å². The average Bonchev–Trinajstić information content (AvgIpc) is 3.58. The fraction of sp³-hybridized carbons (Fsp3) is 0.300. The summed E-state index contributed by atoms with van der Waals surface area (Å²) in [5.74, 6) is -0.00139. The second-order valence-corrected chi connectivity index (χ2v) is 10.5. The molecular weight excluding hydrogens is 494 g/mol. The molecule has 38 heavy (non-hydrogen) atoms. The van der Waals surface area contributed by atoms with E-state index in [1.807, 2.05) is 33.2 Å². The smallest absolute Gasteiger partial charge is 0.293 e. The number of rotatable bonds is 5. The van der Waals surface area contributed by atoms with Gasteiger partial charge >= 0.3 is 0 Å². The molecule has 8 heteroatoms. The van der Waals surface area contributed by atoms with E-state index in [1.165, 1.54) is 11.8 Å². The van der Waals surface area contributed by atoms with Crippen LogP contribution in [0.2, 0.25) is 0 Å². The standard InChI is InChI=1S/C30H33N5O2S/c1-33(2)23-14-10-20(11-15-23)19-22-7-5-8-25-27(22)32-35(30(38)31-29(36)26-9-6-18-37-26)28(25)21-12-16-24(17-13-21)34(3)4/h6,9-19,25,28H,5,7-8H2,1-4H3,(H,31,36,38)/b22-19-/t25-,28+/m1/s1. The van der Waals surface area contributed by atoms with E-state index in [-0.39, 0.29) is 28.7 Å². The number of hydrogen-bond acceptors (Lipinski definition) is 6. The van der Waals surface area contributed by atoms with Crippen molar-refractivity contribution in [3.63, 3.8) is 0 Å². The van der Waals surface area contributed by atoms with Gasteiger partial charge in [-0.05, 0) is 90.7 Å². The second kappa shape index (κ2) is 10.8. The third kappa shape index (κ3) is 5.22. The number of benzene rings is 2. The molecule has 1 aliphatic carbocycles. The number of furan rings is 1. The maximum Gasteiger partial charge on any atom is 0.293 e. The molecule has 0 unspecified atom stereocenters. The molecule has 3 aromatic rings. The SMILES string of the molecule is CN(C)c1ccc(/C=C2/CCC[C@@H]3C2=NN(C(=S)NC(=O)c2ccco2)[C@H]3c2ccc(N(C)C)cc2)cc1. The average molecular weight is 528 g/mol. The minimum Gasteiger partial charge on any atom is -0.459 e. The Kier molecular flexibility index (Phi) is 7.33. The van der Waals surface area contributed by atoms with Crippen LogP contribution in [0.5, 0.6) is 0 Å². The number of nitrogens with zero attached hydrogens (tertiary/aromatic N) is 4. The summed E-state index contributed by atoms with van der Waals surface area (Å²) in [6, 6.07) is 20.2. The summed E-state index contributed by atoms with van der Waals surface area (Å²) in [4.78, 5) is 16.9. The number of nitrogens with one attached hydrogen (secondary N) is 1. The van der Waals surface area contributed by atoms with E-state index in [9.17, 15) is 4.79 Å². The normalized spacial score (nSPS) is 19.6. The van der Waals surface area contributed by atoms with Gasteiger partial charge in [-0.25, -0.2) is 5.01 Å². The summed E-state index contributed by atoms with van der Waals surface area (Å²) < 4.78 is 5.26. The van der Waals surface area contributed by atoms with Crippen molar-refractivity contribution in [2.45, 2.75) is 25.3 Å². The number of allylic oxidation sites excluding steroid dienone is 1. The molecule has 2 heterocycles. The van der Waals surface area contributed by atoms with E-state index >= 15 is 0 Å². The van der Waals surface area contributed by atoms with E-state index in [0.29, 0.717) is 0 Å². The highest BCUT2D eigenvalue weighted by Gasteiger charge is 2.43. The molecular formula is C30H33N5O2S. The van der Waals surface area contributed by atoms with Crippen LogP contribution in [0.3, 0.4) is 0 Å². The molecule has 0 spiro atoms. The molecule has 0 radical (unpaired) electrons. The Bertz CT molecular complexity index is 1360. The van der Waals surface area contributed by atoms with E-state index in [4.69, 9.17) is 21.7 Å². The molecule has 5 rings (SSSR count). The van der Waals surface area contributed by atoms with Gasteiger partial charge in [0.15, 0.2) is 10.9 Å². The minimum atomic E-state index is -0.381. The first kappa shape index (κ1) is 25.7. The lowest BCUT2D eigenvalue weighted by Gasteiger charge is -2.31. The van der Waals surface area contributed by atoms with Gasteiger partial charge in [0, 0.05) is 45.5 Å². The topological polar surface area (TPSA) is 64.3 Å². The molecule has 1 saturated carbocycles. The molecule has 1 N–H and O–H groups in total. The maximum atomic E-state index is 12.7. The monoisotopic (exact) mass is 527 g/mol. The van der Waals surface area contributed by atoms with Crippen LogP contribution in [0.1, 0.15) is 47.0 Å². The van der Waals surface area contributed by atoms with Crippen LogP contribution in [0, 0.1) is 5.92 Å². The van der Waals surface area contributed by atoms with Crippen LogP contribution in [-0.2, 0) is 0 Å². The summed E-state index contributed by atoms with van der Waals surface area (Å²) in [6.07, 6.45) is 6.74. The maximum absolute atomic E-state index is 12.7. The molecule has 2 aromatic carbocycles. The molecule has 1 aromatic heterocycles. The first-order valence-electron chi connectivity index (χ1n) is 12.8. The quantitative estimate of drug-likeness (QED) is 0.428. The van der Waals surface area contributed by atoms with Gasteiger partial charge in [0.1, 0.15) is 0 Å². The van der Waals surface area contributed by atoms with Crippen molar-refractivity contribution >= 4 is 46.4 Å². The van der Waals surface area contributed by atoms with E-state index in [1.54, 1.807) is 12.1 Å². The Morgan fingerprint density at radius 3 is 2.29 bits per heavy atom. The van der Waals surface area contributed by atoms with Crippen LogP contribution in [0.15, 0.2) is 82.0 Å². The van der Waals surface area contributed by atoms with Gasteiger partial charge in [0.25, 0.3) is 5.91 Å². The van der Waals surface area contributed by atoms with Crippen LogP contribution in [0.25, 0.3) is 6.08 Å².